The predicted octanol–water partition coefficient (Wildman–Crippen LogP) is 2.11. The maximum absolute atomic E-state index is 12.5. The van der Waals surface area contributed by atoms with Gasteiger partial charge in [0.25, 0.3) is 5.91 Å². The van der Waals surface area contributed by atoms with Crippen LogP contribution >= 0.6 is 0 Å². The van der Waals surface area contributed by atoms with Crippen molar-refractivity contribution in [1.29, 1.82) is 0 Å². The summed E-state index contributed by atoms with van der Waals surface area (Å²) in [6.07, 6.45) is 1.73. The van der Waals surface area contributed by atoms with Crippen molar-refractivity contribution in [3.8, 4) is 0 Å². The van der Waals surface area contributed by atoms with Crippen LogP contribution < -0.4 is 10.2 Å². The van der Waals surface area contributed by atoms with Crippen LogP contribution in [0.5, 0.6) is 0 Å². The molecule has 0 spiro atoms. The van der Waals surface area contributed by atoms with Crippen molar-refractivity contribution in [2.75, 3.05) is 36.5 Å². The molecule has 3 aromatic rings. The minimum Gasteiger partial charge on any atom is -0.378 e. The first-order chi connectivity index (χ1) is 12.3. The number of benzene rings is 1. The monoisotopic (exact) mass is 335 g/mol. The molecule has 1 aliphatic rings. The summed E-state index contributed by atoms with van der Waals surface area (Å²) in [6.45, 7) is 2.92. The highest BCUT2D eigenvalue weighted by molar-refractivity contribution is 6.07. The Morgan fingerprint density at radius 1 is 1.04 bits per heavy atom. The van der Waals surface area contributed by atoms with Gasteiger partial charge in [-0.25, -0.2) is 0 Å². The molecule has 7 nitrogen and oxygen atoms in total. The molecule has 0 unspecified atom stereocenters. The molecule has 0 atom stereocenters. The van der Waals surface area contributed by atoms with E-state index in [0.717, 1.165) is 29.8 Å². The Morgan fingerprint density at radius 2 is 1.92 bits per heavy atom. The van der Waals surface area contributed by atoms with Crippen LogP contribution in [0.1, 0.15) is 10.5 Å². The number of hydrogen-bond acceptors (Lipinski definition) is 6. The zero-order valence-electron chi connectivity index (χ0n) is 13.6. The van der Waals surface area contributed by atoms with E-state index in [0.29, 0.717) is 18.9 Å². The molecule has 1 aliphatic heterocycles. The van der Waals surface area contributed by atoms with Crippen LogP contribution in [0, 0.1) is 0 Å². The Hall–Kier alpha value is -3.06. The standard InChI is InChI=1S/C18H17N5O2/c24-18(20-15-5-1-4-14-13(15)3-2-8-19-14)16-6-7-17(22-21-16)23-9-11-25-12-10-23/h1-8H,9-12H2,(H,20,24). The number of amides is 1. The Balaban J connectivity index is 1.52. The summed E-state index contributed by atoms with van der Waals surface area (Å²) in [5.74, 6) is 0.464. The molecule has 0 aliphatic carbocycles. The van der Waals surface area contributed by atoms with Crippen molar-refractivity contribution in [3.63, 3.8) is 0 Å². The number of nitrogens with one attached hydrogen (secondary N) is 1. The van der Waals surface area contributed by atoms with Gasteiger partial charge in [0.15, 0.2) is 11.5 Å². The molecule has 4 rings (SSSR count). The van der Waals surface area contributed by atoms with Crippen molar-refractivity contribution in [3.05, 3.63) is 54.4 Å². The maximum Gasteiger partial charge on any atom is 0.276 e. The minimum absolute atomic E-state index is 0.276. The number of carbonyl (C=O) groups excluding carboxylic acids is 1. The van der Waals surface area contributed by atoms with Gasteiger partial charge in [0.05, 0.1) is 24.4 Å². The minimum atomic E-state index is -0.294. The van der Waals surface area contributed by atoms with Crippen molar-refractivity contribution in [2.24, 2.45) is 0 Å². The second-order valence-electron chi connectivity index (χ2n) is 5.71. The SMILES string of the molecule is O=C(Nc1cccc2ncccc12)c1ccc(N2CCOCC2)nn1. The van der Waals surface area contributed by atoms with E-state index in [-0.39, 0.29) is 11.6 Å². The topological polar surface area (TPSA) is 80.2 Å². The molecule has 1 fully saturated rings. The molecule has 1 N–H and O–H groups in total. The van der Waals surface area contributed by atoms with Crippen LogP contribution in [0.15, 0.2) is 48.7 Å². The molecule has 0 radical (unpaired) electrons. The van der Waals surface area contributed by atoms with E-state index in [1.54, 1.807) is 12.3 Å². The lowest BCUT2D eigenvalue weighted by Gasteiger charge is -2.27. The molecule has 7 heteroatoms. The molecule has 2 aromatic heterocycles. The van der Waals surface area contributed by atoms with E-state index in [1.807, 2.05) is 36.4 Å². The van der Waals surface area contributed by atoms with Gasteiger partial charge in [0.2, 0.25) is 0 Å². The smallest absolute Gasteiger partial charge is 0.276 e. The molecule has 1 saturated heterocycles. The van der Waals surface area contributed by atoms with Gasteiger partial charge in [-0.3, -0.25) is 9.78 Å². The van der Waals surface area contributed by atoms with Gasteiger partial charge in [-0.05, 0) is 36.4 Å². The number of anilines is 2. The third-order valence-corrected chi connectivity index (χ3v) is 4.11. The number of morpholine rings is 1. The average Bonchev–Trinajstić information content (AvgIpc) is 2.69. The number of hydrogen-bond donors (Lipinski definition) is 1. The lowest BCUT2D eigenvalue weighted by atomic mass is 10.2. The summed E-state index contributed by atoms with van der Waals surface area (Å²) in [6, 6.07) is 12.9. The van der Waals surface area contributed by atoms with E-state index in [9.17, 15) is 4.79 Å². The fraction of sp³-hybridized carbons (Fsp3) is 0.222. The highest BCUT2D eigenvalue weighted by Gasteiger charge is 2.15. The number of aromatic nitrogens is 3. The Bertz CT molecular complexity index is 886. The summed E-state index contributed by atoms with van der Waals surface area (Å²) in [5.41, 5.74) is 1.81. The van der Waals surface area contributed by atoms with Gasteiger partial charge in [0, 0.05) is 24.7 Å². The molecular formula is C18H17N5O2. The maximum atomic E-state index is 12.5. The first-order valence-electron chi connectivity index (χ1n) is 8.13. The molecule has 0 saturated carbocycles. The van der Waals surface area contributed by atoms with Crippen LogP contribution in [-0.4, -0.2) is 47.4 Å². The Morgan fingerprint density at radius 3 is 2.72 bits per heavy atom. The number of fused-ring (bicyclic) bond motifs is 1. The second-order valence-corrected chi connectivity index (χ2v) is 5.71. The molecule has 126 valence electrons. The normalized spacial score (nSPS) is 14.5. The summed E-state index contributed by atoms with van der Waals surface area (Å²) in [4.78, 5) is 18.9. The second kappa shape index (κ2) is 6.82. The average molecular weight is 335 g/mol. The lowest BCUT2D eigenvalue weighted by Crippen LogP contribution is -2.37. The molecule has 1 amide bonds. The number of carbonyl (C=O) groups is 1. The summed E-state index contributed by atoms with van der Waals surface area (Å²) < 4.78 is 5.33. The van der Waals surface area contributed by atoms with E-state index in [1.165, 1.54) is 0 Å². The predicted molar refractivity (Wildman–Crippen MR) is 94.8 cm³/mol. The largest absolute Gasteiger partial charge is 0.378 e. The van der Waals surface area contributed by atoms with E-state index < -0.39 is 0 Å². The van der Waals surface area contributed by atoms with Crippen molar-refractivity contribution in [2.45, 2.75) is 0 Å². The molecule has 3 heterocycles. The summed E-state index contributed by atoms with van der Waals surface area (Å²) in [5, 5.41) is 12.0. The zero-order valence-corrected chi connectivity index (χ0v) is 13.6. The van der Waals surface area contributed by atoms with Gasteiger partial charge in [-0.1, -0.05) is 6.07 Å². The highest BCUT2D eigenvalue weighted by atomic mass is 16.5. The van der Waals surface area contributed by atoms with E-state index >= 15 is 0 Å². The fourth-order valence-electron chi connectivity index (χ4n) is 2.81. The Labute approximate surface area is 144 Å². The highest BCUT2D eigenvalue weighted by Crippen LogP contribution is 2.22. The third kappa shape index (κ3) is 3.27. The molecule has 25 heavy (non-hydrogen) atoms. The number of nitrogens with zero attached hydrogens (tertiary/aromatic N) is 4. The van der Waals surface area contributed by atoms with Crippen LogP contribution in [0.2, 0.25) is 0 Å². The van der Waals surface area contributed by atoms with Crippen LogP contribution in [0.4, 0.5) is 11.5 Å². The third-order valence-electron chi connectivity index (χ3n) is 4.11. The molecule has 0 bridgehead atoms. The van der Waals surface area contributed by atoms with Gasteiger partial charge in [-0.2, -0.15) is 0 Å². The van der Waals surface area contributed by atoms with Crippen molar-refractivity contribution in [1.82, 2.24) is 15.2 Å². The molecular weight excluding hydrogens is 318 g/mol. The van der Waals surface area contributed by atoms with E-state index in [2.05, 4.69) is 25.4 Å². The van der Waals surface area contributed by atoms with Gasteiger partial charge >= 0.3 is 0 Å². The van der Waals surface area contributed by atoms with Gasteiger partial charge < -0.3 is 15.0 Å². The van der Waals surface area contributed by atoms with Crippen LogP contribution in [-0.2, 0) is 4.74 Å². The quantitative estimate of drug-likeness (QED) is 0.790. The van der Waals surface area contributed by atoms with Gasteiger partial charge in [0.1, 0.15) is 0 Å². The molecule has 1 aromatic carbocycles. The van der Waals surface area contributed by atoms with Crippen LogP contribution in [0.25, 0.3) is 10.9 Å². The first kappa shape index (κ1) is 15.5. The number of ether oxygens (including phenoxy) is 1. The van der Waals surface area contributed by atoms with Gasteiger partial charge in [-0.15, -0.1) is 10.2 Å². The fourth-order valence-corrected chi connectivity index (χ4v) is 2.81. The van der Waals surface area contributed by atoms with E-state index in [4.69, 9.17) is 4.74 Å². The van der Waals surface area contributed by atoms with Crippen molar-refractivity contribution < 1.29 is 9.53 Å². The Kier molecular flexibility index (Phi) is 4.22. The van der Waals surface area contributed by atoms with Crippen molar-refractivity contribution >= 4 is 28.3 Å². The van der Waals surface area contributed by atoms with Crippen LogP contribution in [0.3, 0.4) is 0 Å². The summed E-state index contributed by atoms with van der Waals surface area (Å²) >= 11 is 0. The zero-order chi connectivity index (χ0) is 17.1. The first-order valence-corrected chi connectivity index (χ1v) is 8.13. The number of pyridine rings is 1. The number of rotatable bonds is 3. The summed E-state index contributed by atoms with van der Waals surface area (Å²) in [7, 11) is 0. The lowest BCUT2D eigenvalue weighted by molar-refractivity contribution is 0.102.